The summed E-state index contributed by atoms with van der Waals surface area (Å²) in [5.74, 6) is 0.649. The fourth-order valence-electron chi connectivity index (χ4n) is 3.53. The van der Waals surface area contributed by atoms with Gasteiger partial charge in [-0.15, -0.1) is 0 Å². The van der Waals surface area contributed by atoms with Crippen LogP contribution in [0.25, 0.3) is 11.4 Å². The molecule has 2 amide bonds. The monoisotopic (exact) mass is 421 g/mol. The van der Waals surface area contributed by atoms with Crippen molar-refractivity contribution in [2.45, 2.75) is 38.4 Å². The number of halogens is 2. The lowest BCUT2D eigenvalue weighted by Gasteiger charge is -2.18. The second-order valence-corrected chi connectivity index (χ2v) is 7.03. The molecule has 1 fully saturated rings. The summed E-state index contributed by atoms with van der Waals surface area (Å²) in [4.78, 5) is 28.8. The summed E-state index contributed by atoms with van der Waals surface area (Å²) in [7, 11) is 0. The molecule has 2 aliphatic rings. The maximum Gasteiger partial charge on any atom is 0.416 e. The van der Waals surface area contributed by atoms with Gasteiger partial charge in [-0.3, -0.25) is 4.79 Å². The highest BCUT2D eigenvalue weighted by Crippen LogP contribution is 2.37. The van der Waals surface area contributed by atoms with Crippen molar-refractivity contribution in [3.8, 4) is 17.1 Å². The molecule has 3 heterocycles. The minimum atomic E-state index is -2.75. The van der Waals surface area contributed by atoms with Gasteiger partial charge in [-0.25, -0.2) is 23.5 Å². The van der Waals surface area contributed by atoms with Crippen molar-refractivity contribution in [3.05, 3.63) is 24.4 Å². The molecule has 2 aromatic rings. The maximum absolute atomic E-state index is 13.3. The fraction of sp³-hybridized carbons (Fsp3) is 0.421. The molecule has 2 aliphatic heterocycles. The zero-order valence-electron chi connectivity index (χ0n) is 16.2. The van der Waals surface area contributed by atoms with Crippen LogP contribution in [-0.4, -0.2) is 53.3 Å². The highest BCUT2D eigenvalue weighted by molar-refractivity contribution is 5.90. The lowest BCUT2D eigenvalue weighted by Crippen LogP contribution is -2.38. The molecule has 0 radical (unpaired) electrons. The standard InChI is InChI=1S/C19H21F2N5O4/c1-2-12(17(22)27)23-10-3-4-11-14(7-10)29-6-5-25-8-15(24-18(11)25)26-13(16(20)21)9-30-19(26)28/h3-4,7-8,12-13,16,23H,2,5-6,9H2,1H3,(H2,22,27)/t12-,13-/m0/s1. The number of primary amides is 1. The smallest absolute Gasteiger partial charge is 0.416 e. The number of nitrogens with zero attached hydrogens (tertiary/aromatic N) is 3. The van der Waals surface area contributed by atoms with Crippen molar-refractivity contribution < 1.29 is 27.8 Å². The van der Waals surface area contributed by atoms with Crippen LogP contribution >= 0.6 is 0 Å². The van der Waals surface area contributed by atoms with Gasteiger partial charge in [-0.2, -0.15) is 0 Å². The lowest BCUT2D eigenvalue weighted by atomic mass is 10.1. The van der Waals surface area contributed by atoms with E-state index in [0.29, 0.717) is 42.4 Å². The van der Waals surface area contributed by atoms with Gasteiger partial charge < -0.3 is 25.1 Å². The summed E-state index contributed by atoms with van der Waals surface area (Å²) in [6.45, 7) is 2.19. The van der Waals surface area contributed by atoms with Crippen molar-refractivity contribution in [3.63, 3.8) is 0 Å². The topological polar surface area (TPSA) is 112 Å². The van der Waals surface area contributed by atoms with E-state index >= 15 is 0 Å². The first-order valence-corrected chi connectivity index (χ1v) is 9.53. The van der Waals surface area contributed by atoms with Crippen molar-refractivity contribution in [1.82, 2.24) is 9.55 Å². The Morgan fingerprint density at radius 2 is 2.20 bits per heavy atom. The molecule has 30 heavy (non-hydrogen) atoms. The van der Waals surface area contributed by atoms with Crippen LogP contribution in [0.4, 0.5) is 25.1 Å². The van der Waals surface area contributed by atoms with Crippen LogP contribution in [-0.2, 0) is 16.1 Å². The number of cyclic esters (lactones) is 1. The Morgan fingerprint density at radius 1 is 1.40 bits per heavy atom. The number of rotatable bonds is 6. The Kier molecular flexibility index (Phi) is 5.18. The van der Waals surface area contributed by atoms with Crippen LogP contribution in [0.1, 0.15) is 13.3 Å². The molecular weight excluding hydrogens is 400 g/mol. The summed E-state index contributed by atoms with van der Waals surface area (Å²) in [5.41, 5.74) is 6.68. The third-order valence-corrected chi connectivity index (χ3v) is 5.11. The Morgan fingerprint density at radius 3 is 2.90 bits per heavy atom. The van der Waals surface area contributed by atoms with Gasteiger partial charge in [0.15, 0.2) is 5.82 Å². The number of imidazole rings is 1. The SMILES string of the molecule is CC[C@H](Nc1ccc2c(c1)OCCn1cc(N3C(=O)OC[C@H]3C(F)F)nc1-2)C(N)=O. The van der Waals surface area contributed by atoms with E-state index < -0.39 is 30.5 Å². The van der Waals surface area contributed by atoms with E-state index in [1.54, 1.807) is 29.0 Å². The van der Waals surface area contributed by atoms with Crippen LogP contribution in [0.15, 0.2) is 24.4 Å². The first kappa shape index (κ1) is 19.9. The largest absolute Gasteiger partial charge is 0.491 e. The van der Waals surface area contributed by atoms with Gasteiger partial charge in [0, 0.05) is 18.0 Å². The average molecular weight is 421 g/mol. The van der Waals surface area contributed by atoms with Crippen LogP contribution in [0.5, 0.6) is 5.75 Å². The van der Waals surface area contributed by atoms with Crippen molar-refractivity contribution in [1.29, 1.82) is 0 Å². The van der Waals surface area contributed by atoms with Gasteiger partial charge in [0.25, 0.3) is 6.43 Å². The van der Waals surface area contributed by atoms with Gasteiger partial charge in [0.1, 0.15) is 36.9 Å². The number of carbonyl (C=O) groups excluding carboxylic acids is 2. The van der Waals surface area contributed by atoms with E-state index in [2.05, 4.69) is 10.3 Å². The van der Waals surface area contributed by atoms with Crippen LogP contribution in [0.3, 0.4) is 0 Å². The quantitative estimate of drug-likeness (QED) is 0.740. The van der Waals surface area contributed by atoms with E-state index in [-0.39, 0.29) is 12.4 Å². The number of aromatic nitrogens is 2. The molecule has 0 spiro atoms. The molecule has 1 aromatic carbocycles. The van der Waals surface area contributed by atoms with E-state index in [4.69, 9.17) is 15.2 Å². The van der Waals surface area contributed by atoms with E-state index in [1.807, 2.05) is 6.92 Å². The van der Waals surface area contributed by atoms with Crippen LogP contribution in [0, 0.1) is 0 Å². The van der Waals surface area contributed by atoms with Crippen LogP contribution in [0.2, 0.25) is 0 Å². The number of carbonyl (C=O) groups is 2. The number of benzene rings is 1. The predicted octanol–water partition coefficient (Wildman–Crippen LogP) is 2.21. The highest BCUT2D eigenvalue weighted by atomic mass is 19.3. The molecular formula is C19H21F2N5O4. The van der Waals surface area contributed by atoms with Gasteiger partial charge in [0.05, 0.1) is 12.1 Å². The maximum atomic E-state index is 13.3. The molecule has 1 saturated heterocycles. The molecule has 2 atom stereocenters. The first-order valence-electron chi connectivity index (χ1n) is 9.53. The molecule has 0 bridgehead atoms. The zero-order chi connectivity index (χ0) is 21.4. The second kappa shape index (κ2) is 7.81. The summed E-state index contributed by atoms with van der Waals surface area (Å²) in [6.07, 6.45) is -1.53. The molecule has 0 saturated carbocycles. The number of alkyl halides is 2. The lowest BCUT2D eigenvalue weighted by molar-refractivity contribution is -0.118. The van der Waals surface area contributed by atoms with Gasteiger partial charge >= 0.3 is 6.09 Å². The number of ether oxygens (including phenoxy) is 2. The number of nitrogens with two attached hydrogens (primary N) is 1. The summed E-state index contributed by atoms with van der Waals surface area (Å²) >= 11 is 0. The number of hydrogen-bond acceptors (Lipinski definition) is 6. The Labute approximate surface area is 170 Å². The molecule has 3 N–H and O–H groups in total. The van der Waals surface area contributed by atoms with E-state index in [9.17, 15) is 18.4 Å². The average Bonchev–Trinajstić information content (AvgIpc) is 3.25. The third kappa shape index (κ3) is 3.51. The molecule has 0 unspecified atom stereocenters. The minimum Gasteiger partial charge on any atom is -0.491 e. The zero-order valence-corrected chi connectivity index (χ0v) is 16.2. The summed E-state index contributed by atoms with van der Waals surface area (Å²) in [6, 6.07) is 3.35. The number of anilines is 2. The van der Waals surface area contributed by atoms with Crippen molar-refractivity contribution >= 4 is 23.5 Å². The predicted molar refractivity (Wildman–Crippen MR) is 104 cm³/mol. The number of amides is 2. The van der Waals surface area contributed by atoms with Gasteiger partial charge in [-0.05, 0) is 18.6 Å². The Hall–Kier alpha value is -3.37. The molecule has 9 nitrogen and oxygen atoms in total. The molecule has 1 aromatic heterocycles. The minimum absolute atomic E-state index is 0.104. The normalized spacial score (nSPS) is 18.9. The molecule has 0 aliphatic carbocycles. The van der Waals surface area contributed by atoms with Gasteiger partial charge in [0.2, 0.25) is 5.91 Å². The summed E-state index contributed by atoms with van der Waals surface area (Å²) < 4.78 is 39.0. The fourth-order valence-corrected chi connectivity index (χ4v) is 3.53. The van der Waals surface area contributed by atoms with Crippen LogP contribution < -0.4 is 20.7 Å². The molecule has 11 heteroatoms. The second-order valence-electron chi connectivity index (χ2n) is 7.03. The molecule has 160 valence electrons. The van der Waals surface area contributed by atoms with Crippen molar-refractivity contribution in [2.75, 3.05) is 23.4 Å². The first-order chi connectivity index (χ1) is 14.4. The van der Waals surface area contributed by atoms with Crippen molar-refractivity contribution in [2.24, 2.45) is 5.73 Å². The van der Waals surface area contributed by atoms with E-state index in [0.717, 1.165) is 4.90 Å². The van der Waals surface area contributed by atoms with E-state index in [1.165, 1.54) is 0 Å². The summed E-state index contributed by atoms with van der Waals surface area (Å²) in [5, 5.41) is 3.06. The molecule has 4 rings (SSSR count). The van der Waals surface area contributed by atoms with Gasteiger partial charge in [-0.1, -0.05) is 6.92 Å². The number of nitrogens with one attached hydrogen (secondary N) is 1. The Bertz CT molecular complexity index is 980. The number of hydrogen-bond donors (Lipinski definition) is 2. The third-order valence-electron chi connectivity index (χ3n) is 5.11. The Balaban J connectivity index is 1.67. The highest BCUT2D eigenvalue weighted by Gasteiger charge is 2.42. The number of fused-ring (bicyclic) bond motifs is 3.